The van der Waals surface area contributed by atoms with Crippen LogP contribution in [0.4, 0.5) is 5.69 Å². The molecule has 1 aliphatic heterocycles. The van der Waals surface area contributed by atoms with E-state index in [1.165, 1.54) is 5.56 Å². The highest BCUT2D eigenvalue weighted by Gasteiger charge is 2.25. The Balaban J connectivity index is 1.72. The second kappa shape index (κ2) is 5.72. The van der Waals surface area contributed by atoms with Gasteiger partial charge in [0.15, 0.2) is 0 Å². The SMILES string of the molecule is C[C@H]1Cc2ccccc2N(C(=O)CCc2cnn(C)c2)C1. The molecule has 0 fully saturated rings. The lowest BCUT2D eigenvalue weighted by molar-refractivity contribution is -0.118. The number of anilines is 1. The molecule has 3 rings (SSSR count). The van der Waals surface area contributed by atoms with Crippen molar-refractivity contribution in [3.8, 4) is 0 Å². The standard InChI is InChI=1S/C17H21N3O/c1-13-9-15-5-3-4-6-16(15)20(11-13)17(21)8-7-14-10-18-19(2)12-14/h3-6,10,12-13H,7-9,11H2,1-2H3/t13-/m0/s1. The predicted molar refractivity (Wildman–Crippen MR) is 83.2 cm³/mol. The molecule has 0 spiro atoms. The first kappa shape index (κ1) is 13.9. The Morgan fingerprint density at radius 2 is 2.19 bits per heavy atom. The largest absolute Gasteiger partial charge is 0.312 e. The summed E-state index contributed by atoms with van der Waals surface area (Å²) in [5.74, 6) is 0.722. The monoisotopic (exact) mass is 283 g/mol. The van der Waals surface area contributed by atoms with Gasteiger partial charge in [-0.3, -0.25) is 9.48 Å². The zero-order valence-electron chi connectivity index (χ0n) is 12.6. The topological polar surface area (TPSA) is 38.1 Å². The Morgan fingerprint density at radius 3 is 2.95 bits per heavy atom. The maximum atomic E-state index is 12.6. The van der Waals surface area contributed by atoms with E-state index in [9.17, 15) is 4.79 Å². The predicted octanol–water partition coefficient (Wildman–Crippen LogP) is 2.58. The van der Waals surface area contributed by atoms with Crippen LogP contribution in [0, 0.1) is 5.92 Å². The van der Waals surface area contributed by atoms with Crippen LogP contribution in [0.15, 0.2) is 36.7 Å². The van der Waals surface area contributed by atoms with E-state index >= 15 is 0 Å². The van der Waals surface area contributed by atoms with Crippen LogP contribution in [-0.4, -0.2) is 22.2 Å². The number of aromatic nitrogens is 2. The van der Waals surface area contributed by atoms with Crippen LogP contribution in [0.1, 0.15) is 24.5 Å². The molecule has 1 aliphatic rings. The van der Waals surface area contributed by atoms with Crippen molar-refractivity contribution in [2.75, 3.05) is 11.4 Å². The smallest absolute Gasteiger partial charge is 0.227 e. The number of hydrogen-bond acceptors (Lipinski definition) is 2. The van der Waals surface area contributed by atoms with Crippen LogP contribution in [-0.2, 0) is 24.7 Å². The minimum atomic E-state index is 0.206. The number of para-hydroxylation sites is 1. The summed E-state index contributed by atoms with van der Waals surface area (Å²) in [6.45, 7) is 3.03. The van der Waals surface area contributed by atoms with E-state index in [0.717, 1.165) is 30.6 Å². The second-order valence-corrected chi connectivity index (χ2v) is 5.96. The number of rotatable bonds is 3. The number of benzene rings is 1. The fourth-order valence-electron chi connectivity index (χ4n) is 3.02. The Bertz CT molecular complexity index is 647. The molecule has 0 saturated heterocycles. The summed E-state index contributed by atoms with van der Waals surface area (Å²) in [5.41, 5.74) is 3.49. The van der Waals surface area contributed by atoms with Gasteiger partial charge in [-0.1, -0.05) is 25.1 Å². The maximum Gasteiger partial charge on any atom is 0.227 e. The highest BCUT2D eigenvalue weighted by molar-refractivity contribution is 5.94. The van der Waals surface area contributed by atoms with Gasteiger partial charge >= 0.3 is 0 Å². The molecule has 110 valence electrons. The van der Waals surface area contributed by atoms with Crippen LogP contribution < -0.4 is 4.90 Å². The number of carbonyl (C=O) groups excluding carboxylic acids is 1. The van der Waals surface area contributed by atoms with Gasteiger partial charge in [-0.05, 0) is 36.0 Å². The average molecular weight is 283 g/mol. The molecule has 4 heteroatoms. The first-order chi connectivity index (χ1) is 10.1. The van der Waals surface area contributed by atoms with E-state index in [4.69, 9.17) is 0 Å². The first-order valence-corrected chi connectivity index (χ1v) is 7.49. The molecule has 1 atom stereocenters. The Hall–Kier alpha value is -2.10. The van der Waals surface area contributed by atoms with E-state index in [1.54, 1.807) is 4.68 Å². The number of aryl methyl sites for hydroxylation is 2. The molecule has 21 heavy (non-hydrogen) atoms. The molecule has 0 unspecified atom stereocenters. The third kappa shape index (κ3) is 2.99. The van der Waals surface area contributed by atoms with Crippen molar-refractivity contribution in [2.24, 2.45) is 13.0 Å². The molecule has 1 aromatic heterocycles. The quantitative estimate of drug-likeness (QED) is 0.868. The molecule has 0 N–H and O–H groups in total. The fraction of sp³-hybridized carbons (Fsp3) is 0.412. The molecule has 0 radical (unpaired) electrons. The van der Waals surface area contributed by atoms with Crippen molar-refractivity contribution in [3.05, 3.63) is 47.8 Å². The van der Waals surface area contributed by atoms with E-state index in [0.29, 0.717) is 12.3 Å². The van der Waals surface area contributed by atoms with Gasteiger partial charge in [0, 0.05) is 31.9 Å². The van der Waals surface area contributed by atoms with E-state index in [2.05, 4.69) is 30.2 Å². The van der Waals surface area contributed by atoms with Gasteiger partial charge in [-0.15, -0.1) is 0 Å². The Labute approximate surface area is 125 Å². The summed E-state index contributed by atoms with van der Waals surface area (Å²) >= 11 is 0. The Morgan fingerprint density at radius 1 is 1.38 bits per heavy atom. The number of fused-ring (bicyclic) bond motifs is 1. The lowest BCUT2D eigenvalue weighted by Crippen LogP contribution is -2.39. The van der Waals surface area contributed by atoms with Crippen molar-refractivity contribution in [1.29, 1.82) is 0 Å². The summed E-state index contributed by atoms with van der Waals surface area (Å²) in [5, 5.41) is 4.15. The first-order valence-electron chi connectivity index (χ1n) is 7.49. The minimum Gasteiger partial charge on any atom is -0.312 e. The van der Waals surface area contributed by atoms with Gasteiger partial charge in [0.2, 0.25) is 5.91 Å². The molecule has 0 saturated carbocycles. The summed E-state index contributed by atoms with van der Waals surface area (Å²) in [4.78, 5) is 14.5. The summed E-state index contributed by atoms with van der Waals surface area (Å²) in [6, 6.07) is 8.25. The molecule has 1 aromatic carbocycles. The normalized spacial score (nSPS) is 17.6. The van der Waals surface area contributed by atoms with Crippen LogP contribution in [0.2, 0.25) is 0 Å². The summed E-state index contributed by atoms with van der Waals surface area (Å²) in [6.07, 6.45) is 6.15. The highest BCUT2D eigenvalue weighted by atomic mass is 16.2. The van der Waals surface area contributed by atoms with Gasteiger partial charge in [0.1, 0.15) is 0 Å². The zero-order valence-corrected chi connectivity index (χ0v) is 12.6. The lowest BCUT2D eigenvalue weighted by atomic mass is 9.93. The van der Waals surface area contributed by atoms with E-state index < -0.39 is 0 Å². The Kier molecular flexibility index (Phi) is 3.78. The van der Waals surface area contributed by atoms with Crippen LogP contribution in [0.5, 0.6) is 0 Å². The fourth-order valence-corrected chi connectivity index (χ4v) is 3.02. The van der Waals surface area contributed by atoms with Crippen molar-refractivity contribution in [1.82, 2.24) is 9.78 Å². The van der Waals surface area contributed by atoms with Crippen LogP contribution >= 0.6 is 0 Å². The number of nitrogens with zero attached hydrogens (tertiary/aromatic N) is 3. The van der Waals surface area contributed by atoms with Gasteiger partial charge in [-0.25, -0.2) is 0 Å². The van der Waals surface area contributed by atoms with Crippen molar-refractivity contribution < 1.29 is 4.79 Å². The summed E-state index contributed by atoms with van der Waals surface area (Å²) < 4.78 is 1.78. The average Bonchev–Trinajstić information content (AvgIpc) is 2.89. The molecule has 2 aromatic rings. The van der Waals surface area contributed by atoms with Gasteiger partial charge in [0.05, 0.1) is 6.20 Å². The third-order valence-electron chi connectivity index (χ3n) is 4.03. The van der Waals surface area contributed by atoms with E-state index in [1.807, 2.05) is 30.4 Å². The molecule has 0 aliphatic carbocycles. The van der Waals surface area contributed by atoms with Crippen LogP contribution in [0.3, 0.4) is 0 Å². The molecule has 0 bridgehead atoms. The molecule has 1 amide bonds. The van der Waals surface area contributed by atoms with Gasteiger partial charge < -0.3 is 4.90 Å². The van der Waals surface area contributed by atoms with Crippen LogP contribution in [0.25, 0.3) is 0 Å². The highest BCUT2D eigenvalue weighted by Crippen LogP contribution is 2.29. The molecular weight excluding hydrogens is 262 g/mol. The second-order valence-electron chi connectivity index (χ2n) is 5.96. The van der Waals surface area contributed by atoms with Crippen molar-refractivity contribution >= 4 is 11.6 Å². The van der Waals surface area contributed by atoms with Gasteiger partial charge in [0.25, 0.3) is 0 Å². The number of amides is 1. The van der Waals surface area contributed by atoms with Crippen molar-refractivity contribution in [2.45, 2.75) is 26.2 Å². The van der Waals surface area contributed by atoms with Gasteiger partial charge in [-0.2, -0.15) is 5.10 Å². The number of hydrogen-bond donors (Lipinski definition) is 0. The summed E-state index contributed by atoms with van der Waals surface area (Å²) in [7, 11) is 1.90. The molecular formula is C17H21N3O. The third-order valence-corrected chi connectivity index (χ3v) is 4.03. The zero-order chi connectivity index (χ0) is 14.8. The molecule has 2 heterocycles. The number of carbonyl (C=O) groups is 1. The maximum absolute atomic E-state index is 12.6. The molecule has 4 nitrogen and oxygen atoms in total. The minimum absolute atomic E-state index is 0.206. The van der Waals surface area contributed by atoms with E-state index in [-0.39, 0.29) is 5.91 Å². The van der Waals surface area contributed by atoms with Crippen molar-refractivity contribution in [3.63, 3.8) is 0 Å². The lowest BCUT2D eigenvalue weighted by Gasteiger charge is -2.33.